The van der Waals surface area contributed by atoms with Gasteiger partial charge in [-0.1, -0.05) is 11.1 Å². The molecule has 0 aromatic heterocycles. The minimum Gasteiger partial charge on any atom is -0.381 e. The molecule has 0 spiro atoms. The molecule has 0 bridgehead atoms. The molecular weight excluding hydrogens is 278 g/mol. The molecule has 2 heterocycles. The summed E-state index contributed by atoms with van der Waals surface area (Å²) in [5.41, 5.74) is 2.49. The van der Waals surface area contributed by atoms with Crippen molar-refractivity contribution in [1.29, 1.82) is 0 Å². The Morgan fingerprint density at radius 2 is 1.95 bits per heavy atom. The van der Waals surface area contributed by atoms with Gasteiger partial charge in [-0.05, 0) is 33.1 Å². The summed E-state index contributed by atoms with van der Waals surface area (Å²) in [6.07, 6.45) is 2.73. The lowest BCUT2D eigenvalue weighted by molar-refractivity contribution is -0.0268. The Morgan fingerprint density at radius 3 is 2.60 bits per heavy atom. The van der Waals surface area contributed by atoms with Gasteiger partial charge in [-0.2, -0.15) is 4.31 Å². The molecule has 0 aliphatic carbocycles. The van der Waals surface area contributed by atoms with E-state index in [-0.39, 0.29) is 18.5 Å². The molecular formula is C14H25NO4S. The summed E-state index contributed by atoms with van der Waals surface area (Å²) in [4.78, 5) is 0. The highest BCUT2D eigenvalue weighted by Gasteiger charge is 2.26. The van der Waals surface area contributed by atoms with E-state index in [9.17, 15) is 8.42 Å². The highest BCUT2D eigenvalue weighted by Crippen LogP contribution is 2.19. The fraction of sp³-hybridized carbons (Fsp3) is 0.857. The van der Waals surface area contributed by atoms with Crippen LogP contribution in [0, 0.1) is 0 Å². The van der Waals surface area contributed by atoms with Gasteiger partial charge in [0.25, 0.3) is 0 Å². The molecule has 2 aliphatic heterocycles. The third-order valence-electron chi connectivity index (χ3n) is 4.13. The van der Waals surface area contributed by atoms with Gasteiger partial charge in [0.05, 0.1) is 18.5 Å². The molecule has 6 heteroatoms. The minimum absolute atomic E-state index is 0.0800. The van der Waals surface area contributed by atoms with Crippen molar-refractivity contribution >= 4 is 10.0 Å². The summed E-state index contributed by atoms with van der Waals surface area (Å²) in [5.74, 6) is 0.0800. The maximum Gasteiger partial charge on any atom is 0.216 e. The summed E-state index contributed by atoms with van der Waals surface area (Å²) in [5, 5.41) is 0. The van der Waals surface area contributed by atoms with Crippen LogP contribution in [0.5, 0.6) is 0 Å². The van der Waals surface area contributed by atoms with Gasteiger partial charge in [0.2, 0.25) is 10.0 Å². The maximum atomic E-state index is 12.3. The molecule has 116 valence electrons. The van der Waals surface area contributed by atoms with Gasteiger partial charge in [0.1, 0.15) is 0 Å². The Bertz CT molecular complexity index is 452. The van der Waals surface area contributed by atoms with Crippen LogP contribution in [0.4, 0.5) is 0 Å². The van der Waals surface area contributed by atoms with Gasteiger partial charge >= 0.3 is 0 Å². The van der Waals surface area contributed by atoms with E-state index < -0.39 is 10.0 Å². The molecule has 1 saturated heterocycles. The molecule has 1 fully saturated rings. The highest BCUT2D eigenvalue weighted by atomic mass is 32.2. The van der Waals surface area contributed by atoms with Crippen molar-refractivity contribution in [3.8, 4) is 0 Å². The van der Waals surface area contributed by atoms with Crippen molar-refractivity contribution in [2.24, 2.45) is 0 Å². The van der Waals surface area contributed by atoms with Crippen molar-refractivity contribution < 1.29 is 17.9 Å². The number of ether oxygens (including phenoxy) is 2. The molecule has 2 rings (SSSR count). The van der Waals surface area contributed by atoms with Crippen LogP contribution >= 0.6 is 0 Å². The van der Waals surface area contributed by atoms with Gasteiger partial charge in [0, 0.05) is 26.3 Å². The highest BCUT2D eigenvalue weighted by molar-refractivity contribution is 7.89. The lowest BCUT2D eigenvalue weighted by Crippen LogP contribution is -2.39. The SMILES string of the molecule is CC1=C(C)CN(S(=O)(=O)CCOC2CCOCC2)CC1. The number of hydrogen-bond acceptors (Lipinski definition) is 4. The van der Waals surface area contributed by atoms with E-state index in [1.165, 1.54) is 11.1 Å². The third kappa shape index (κ3) is 4.28. The molecule has 0 aromatic rings. The molecule has 20 heavy (non-hydrogen) atoms. The van der Waals surface area contributed by atoms with Crippen molar-refractivity contribution in [2.75, 3.05) is 38.7 Å². The normalized spacial score (nSPS) is 23.3. The van der Waals surface area contributed by atoms with E-state index in [1.807, 2.05) is 6.92 Å². The first-order valence-electron chi connectivity index (χ1n) is 7.31. The summed E-state index contributed by atoms with van der Waals surface area (Å²) >= 11 is 0. The Kier molecular flexibility index (Phi) is 5.60. The Hall–Kier alpha value is -0.430. The topological polar surface area (TPSA) is 55.8 Å². The van der Waals surface area contributed by atoms with Crippen LogP contribution < -0.4 is 0 Å². The standard InChI is InChI=1S/C14H25NO4S/c1-12-3-6-15(11-13(12)2)20(16,17)10-9-19-14-4-7-18-8-5-14/h14H,3-11H2,1-2H3. The molecule has 0 aromatic carbocycles. The zero-order valence-corrected chi connectivity index (χ0v) is 13.2. The molecule has 5 nitrogen and oxygen atoms in total. The molecule has 0 saturated carbocycles. The van der Waals surface area contributed by atoms with Crippen molar-refractivity contribution in [1.82, 2.24) is 4.31 Å². The fourth-order valence-corrected chi connectivity index (χ4v) is 3.84. The monoisotopic (exact) mass is 303 g/mol. The summed E-state index contributed by atoms with van der Waals surface area (Å²) in [6.45, 7) is 6.93. The number of nitrogens with zero attached hydrogens (tertiary/aromatic N) is 1. The summed E-state index contributed by atoms with van der Waals surface area (Å²) < 4.78 is 37.1. The number of rotatable bonds is 5. The molecule has 2 aliphatic rings. The Labute approximate surface area is 122 Å². The Morgan fingerprint density at radius 1 is 1.25 bits per heavy atom. The van der Waals surface area contributed by atoms with Crippen LogP contribution in [0.2, 0.25) is 0 Å². The van der Waals surface area contributed by atoms with Crippen LogP contribution in [0.1, 0.15) is 33.1 Å². The first-order chi connectivity index (χ1) is 9.49. The first kappa shape index (κ1) is 15.9. The van der Waals surface area contributed by atoms with Crippen molar-refractivity contribution in [3.05, 3.63) is 11.1 Å². The van der Waals surface area contributed by atoms with E-state index in [2.05, 4.69) is 6.92 Å². The first-order valence-corrected chi connectivity index (χ1v) is 8.92. The zero-order valence-electron chi connectivity index (χ0n) is 12.4. The van der Waals surface area contributed by atoms with Crippen LogP contribution in [0.3, 0.4) is 0 Å². The van der Waals surface area contributed by atoms with E-state index >= 15 is 0 Å². The van der Waals surface area contributed by atoms with Crippen LogP contribution in [0.15, 0.2) is 11.1 Å². The summed E-state index contributed by atoms with van der Waals surface area (Å²) in [6, 6.07) is 0. The average molecular weight is 303 g/mol. The second kappa shape index (κ2) is 7.02. The van der Waals surface area contributed by atoms with Crippen molar-refractivity contribution in [3.63, 3.8) is 0 Å². The molecule has 0 amide bonds. The largest absolute Gasteiger partial charge is 0.381 e. The van der Waals surface area contributed by atoms with Crippen molar-refractivity contribution in [2.45, 2.75) is 39.2 Å². The van der Waals surface area contributed by atoms with Crippen LogP contribution in [0.25, 0.3) is 0 Å². The van der Waals surface area contributed by atoms with Gasteiger partial charge in [-0.15, -0.1) is 0 Å². The lowest BCUT2D eigenvalue weighted by atomic mass is 10.1. The number of hydrogen-bond donors (Lipinski definition) is 0. The van der Waals surface area contributed by atoms with Gasteiger partial charge in [-0.25, -0.2) is 8.42 Å². The Balaban J connectivity index is 1.79. The quantitative estimate of drug-likeness (QED) is 0.723. The number of sulfonamides is 1. The van der Waals surface area contributed by atoms with E-state index in [4.69, 9.17) is 9.47 Å². The lowest BCUT2D eigenvalue weighted by Gasteiger charge is -2.28. The maximum absolute atomic E-state index is 12.3. The summed E-state index contributed by atoms with van der Waals surface area (Å²) in [7, 11) is -3.20. The molecule has 0 radical (unpaired) electrons. The van der Waals surface area contributed by atoms with Crippen LogP contribution in [-0.2, 0) is 19.5 Å². The third-order valence-corrected chi connectivity index (χ3v) is 5.92. The van der Waals surface area contributed by atoms with E-state index in [0.29, 0.717) is 26.3 Å². The van der Waals surface area contributed by atoms with Gasteiger partial charge in [0.15, 0.2) is 0 Å². The average Bonchev–Trinajstić information content (AvgIpc) is 2.43. The zero-order chi connectivity index (χ0) is 14.6. The molecule has 0 atom stereocenters. The molecule has 0 N–H and O–H groups in total. The predicted octanol–water partition coefficient (Wildman–Crippen LogP) is 1.55. The van der Waals surface area contributed by atoms with E-state index in [0.717, 1.165) is 19.3 Å². The van der Waals surface area contributed by atoms with Gasteiger partial charge < -0.3 is 9.47 Å². The minimum atomic E-state index is -3.20. The van der Waals surface area contributed by atoms with E-state index in [1.54, 1.807) is 4.31 Å². The second-order valence-corrected chi connectivity index (χ2v) is 7.73. The molecule has 0 unspecified atom stereocenters. The van der Waals surface area contributed by atoms with Gasteiger partial charge in [-0.3, -0.25) is 0 Å². The van der Waals surface area contributed by atoms with Crippen LogP contribution in [-0.4, -0.2) is 57.5 Å². The predicted molar refractivity (Wildman–Crippen MR) is 78.1 cm³/mol. The fourth-order valence-electron chi connectivity index (χ4n) is 2.51. The smallest absolute Gasteiger partial charge is 0.216 e. The second-order valence-electron chi connectivity index (χ2n) is 5.64.